The summed E-state index contributed by atoms with van der Waals surface area (Å²) in [7, 11) is 6.32. The molecule has 1 aromatic heterocycles. The van der Waals surface area contributed by atoms with Gasteiger partial charge in [-0.3, -0.25) is 4.79 Å². The summed E-state index contributed by atoms with van der Waals surface area (Å²) in [5.41, 5.74) is 0. The molecule has 8 heteroatoms. The van der Waals surface area contributed by atoms with Gasteiger partial charge in [-0.15, -0.1) is 4.98 Å². The van der Waals surface area contributed by atoms with Crippen molar-refractivity contribution >= 4 is 11.9 Å². The highest BCUT2D eigenvalue weighted by atomic mass is 16.5. The summed E-state index contributed by atoms with van der Waals surface area (Å²) in [6.07, 6.45) is 0.351. The van der Waals surface area contributed by atoms with Gasteiger partial charge in [-0.05, 0) is 0 Å². The number of methoxy groups -OCH3 is 2. The van der Waals surface area contributed by atoms with Crippen molar-refractivity contribution in [2.24, 2.45) is 0 Å². The Balaban J connectivity index is 2.58. The lowest BCUT2D eigenvalue weighted by atomic mass is 10.4. The van der Waals surface area contributed by atoms with E-state index in [0.717, 1.165) is 0 Å². The van der Waals surface area contributed by atoms with E-state index in [4.69, 9.17) is 9.47 Å². The molecule has 0 radical (unpaired) electrons. The van der Waals surface area contributed by atoms with Crippen LogP contribution in [0.25, 0.3) is 0 Å². The first kappa shape index (κ1) is 13.9. The van der Waals surface area contributed by atoms with Crippen LogP contribution >= 0.6 is 0 Å². The molecule has 18 heavy (non-hydrogen) atoms. The number of amides is 1. The molecule has 0 saturated carbocycles. The lowest BCUT2D eigenvalue weighted by Gasteiger charge is -2.10. The maximum Gasteiger partial charge on any atom is 0.324 e. The van der Waals surface area contributed by atoms with Crippen LogP contribution in [0.1, 0.15) is 6.42 Å². The van der Waals surface area contributed by atoms with E-state index in [1.54, 1.807) is 14.1 Å². The van der Waals surface area contributed by atoms with Crippen LogP contribution in [-0.2, 0) is 4.79 Å². The van der Waals surface area contributed by atoms with Crippen LogP contribution in [0.4, 0.5) is 5.95 Å². The Labute approximate surface area is 105 Å². The van der Waals surface area contributed by atoms with Crippen molar-refractivity contribution in [2.45, 2.75) is 6.42 Å². The minimum Gasteiger partial charge on any atom is -0.467 e. The van der Waals surface area contributed by atoms with E-state index < -0.39 is 0 Å². The molecule has 1 N–H and O–H groups in total. The van der Waals surface area contributed by atoms with Gasteiger partial charge in [0, 0.05) is 27.1 Å². The Morgan fingerprint density at radius 2 is 1.72 bits per heavy atom. The van der Waals surface area contributed by atoms with Gasteiger partial charge >= 0.3 is 12.0 Å². The summed E-state index contributed by atoms with van der Waals surface area (Å²) in [6.45, 7) is 0.424. The number of anilines is 1. The van der Waals surface area contributed by atoms with Crippen molar-refractivity contribution in [3.05, 3.63) is 0 Å². The van der Waals surface area contributed by atoms with Crippen molar-refractivity contribution in [1.29, 1.82) is 0 Å². The average molecular weight is 255 g/mol. The molecular weight excluding hydrogens is 238 g/mol. The second-order valence-corrected chi connectivity index (χ2v) is 3.60. The first-order valence-corrected chi connectivity index (χ1v) is 5.35. The van der Waals surface area contributed by atoms with Crippen molar-refractivity contribution in [3.63, 3.8) is 0 Å². The molecule has 1 aromatic rings. The quantitative estimate of drug-likeness (QED) is 0.751. The van der Waals surface area contributed by atoms with Gasteiger partial charge in [0.05, 0.1) is 14.2 Å². The molecule has 1 amide bonds. The third-order valence-electron chi connectivity index (χ3n) is 2.08. The SMILES string of the molecule is COc1nc(NCCC(=O)N(C)C)nc(OC)n1. The number of hydrogen-bond acceptors (Lipinski definition) is 7. The zero-order valence-corrected chi connectivity index (χ0v) is 10.9. The highest BCUT2D eigenvalue weighted by Crippen LogP contribution is 2.11. The van der Waals surface area contributed by atoms with Gasteiger partial charge < -0.3 is 19.7 Å². The fourth-order valence-corrected chi connectivity index (χ4v) is 1.10. The van der Waals surface area contributed by atoms with E-state index in [0.29, 0.717) is 18.9 Å². The normalized spacial score (nSPS) is 9.78. The Hall–Kier alpha value is -2.12. The van der Waals surface area contributed by atoms with Gasteiger partial charge in [-0.1, -0.05) is 0 Å². The third kappa shape index (κ3) is 4.04. The van der Waals surface area contributed by atoms with E-state index >= 15 is 0 Å². The van der Waals surface area contributed by atoms with Crippen molar-refractivity contribution in [2.75, 3.05) is 40.2 Å². The summed E-state index contributed by atoms with van der Waals surface area (Å²) < 4.78 is 9.81. The smallest absolute Gasteiger partial charge is 0.324 e. The lowest BCUT2D eigenvalue weighted by Crippen LogP contribution is -2.24. The largest absolute Gasteiger partial charge is 0.467 e. The first-order valence-electron chi connectivity index (χ1n) is 5.35. The second-order valence-electron chi connectivity index (χ2n) is 3.60. The number of carbonyl (C=O) groups excluding carboxylic acids is 1. The zero-order chi connectivity index (χ0) is 13.5. The number of nitrogens with one attached hydrogen (secondary N) is 1. The van der Waals surface area contributed by atoms with E-state index in [1.165, 1.54) is 19.1 Å². The standard InChI is InChI=1S/C10H17N5O3/c1-15(2)7(16)5-6-11-8-12-9(17-3)14-10(13-8)18-4/h5-6H2,1-4H3,(H,11,12,13,14). The van der Waals surface area contributed by atoms with Gasteiger partial charge in [0.2, 0.25) is 11.9 Å². The third-order valence-corrected chi connectivity index (χ3v) is 2.08. The molecule has 0 aliphatic carbocycles. The number of carbonyl (C=O) groups is 1. The van der Waals surface area contributed by atoms with Crippen LogP contribution in [0, 0.1) is 0 Å². The number of aromatic nitrogens is 3. The molecule has 0 aliphatic rings. The second kappa shape index (κ2) is 6.58. The predicted molar refractivity (Wildman–Crippen MR) is 64.7 cm³/mol. The lowest BCUT2D eigenvalue weighted by molar-refractivity contribution is -0.128. The fraction of sp³-hybridized carbons (Fsp3) is 0.600. The average Bonchev–Trinajstić information content (AvgIpc) is 2.37. The molecule has 0 saturated heterocycles. The molecule has 0 spiro atoms. The van der Waals surface area contributed by atoms with E-state index in [2.05, 4.69) is 20.3 Å². The minimum absolute atomic E-state index is 0.0236. The molecule has 8 nitrogen and oxygen atoms in total. The van der Waals surface area contributed by atoms with E-state index in [-0.39, 0.29) is 17.9 Å². The molecule has 0 unspecified atom stereocenters. The Bertz CT molecular complexity index is 388. The van der Waals surface area contributed by atoms with Gasteiger partial charge in [0.15, 0.2) is 0 Å². The first-order chi connectivity index (χ1) is 8.56. The van der Waals surface area contributed by atoms with Crippen molar-refractivity contribution < 1.29 is 14.3 Å². The van der Waals surface area contributed by atoms with Gasteiger partial charge in [0.1, 0.15) is 0 Å². The molecular formula is C10H17N5O3. The molecule has 0 atom stereocenters. The highest BCUT2D eigenvalue weighted by Gasteiger charge is 2.08. The van der Waals surface area contributed by atoms with Crippen LogP contribution in [0.2, 0.25) is 0 Å². The van der Waals surface area contributed by atoms with Crippen molar-refractivity contribution in [1.82, 2.24) is 19.9 Å². The van der Waals surface area contributed by atoms with E-state index in [9.17, 15) is 4.79 Å². The number of rotatable bonds is 6. The maximum atomic E-state index is 11.4. The number of hydrogen-bond donors (Lipinski definition) is 1. The zero-order valence-electron chi connectivity index (χ0n) is 10.9. The molecule has 0 fully saturated rings. The fourth-order valence-electron chi connectivity index (χ4n) is 1.10. The Kier molecular flexibility index (Phi) is 5.09. The molecule has 0 aliphatic heterocycles. The molecule has 0 aromatic carbocycles. The summed E-state index contributed by atoms with van der Waals surface area (Å²) in [6, 6.07) is 0.312. The molecule has 1 heterocycles. The van der Waals surface area contributed by atoms with Crippen LogP contribution < -0.4 is 14.8 Å². The van der Waals surface area contributed by atoms with E-state index in [1.807, 2.05) is 0 Å². The van der Waals surface area contributed by atoms with Crippen LogP contribution in [-0.4, -0.2) is 60.6 Å². The molecule has 100 valence electrons. The summed E-state index contributed by atoms with van der Waals surface area (Å²) in [5.74, 6) is 0.334. The highest BCUT2D eigenvalue weighted by molar-refractivity contribution is 5.75. The summed E-state index contributed by atoms with van der Waals surface area (Å²) in [4.78, 5) is 24.7. The van der Waals surface area contributed by atoms with Crippen LogP contribution in [0.15, 0.2) is 0 Å². The Morgan fingerprint density at radius 3 is 2.17 bits per heavy atom. The van der Waals surface area contributed by atoms with Crippen molar-refractivity contribution in [3.8, 4) is 12.0 Å². The monoisotopic (exact) mass is 255 g/mol. The number of ether oxygens (including phenoxy) is 2. The van der Waals surface area contributed by atoms with Gasteiger partial charge in [-0.2, -0.15) is 9.97 Å². The molecule has 1 rings (SSSR count). The topological polar surface area (TPSA) is 89.5 Å². The number of nitrogens with zero attached hydrogens (tertiary/aromatic N) is 4. The maximum absolute atomic E-state index is 11.4. The Morgan fingerprint density at radius 1 is 1.17 bits per heavy atom. The van der Waals surface area contributed by atoms with Gasteiger partial charge in [0.25, 0.3) is 0 Å². The summed E-state index contributed by atoms with van der Waals surface area (Å²) >= 11 is 0. The van der Waals surface area contributed by atoms with Crippen LogP contribution in [0.3, 0.4) is 0 Å². The van der Waals surface area contributed by atoms with Crippen LogP contribution in [0.5, 0.6) is 12.0 Å². The minimum atomic E-state index is 0.0236. The molecule has 0 bridgehead atoms. The summed E-state index contributed by atoms with van der Waals surface area (Å²) in [5, 5.41) is 2.91. The predicted octanol–water partition coefficient (Wildman–Crippen LogP) is -0.221. The van der Waals surface area contributed by atoms with Gasteiger partial charge in [-0.25, -0.2) is 0 Å².